The Bertz CT molecular complexity index is 366. The SMILES string of the molecule is [C-]#[N+]C(=CN1CCOCC1)C(=S)N1CCOCC1. The zero-order valence-corrected chi connectivity index (χ0v) is 11.1. The highest BCUT2D eigenvalue weighted by molar-refractivity contribution is 7.80. The van der Waals surface area contributed by atoms with E-state index in [1.807, 2.05) is 11.1 Å². The largest absolute Gasteiger partial charge is 0.382 e. The smallest absolute Gasteiger partial charge is 0.235 e. The Labute approximate surface area is 113 Å². The highest BCUT2D eigenvalue weighted by Gasteiger charge is 2.18. The molecule has 0 amide bonds. The summed E-state index contributed by atoms with van der Waals surface area (Å²) >= 11 is 5.39. The van der Waals surface area contributed by atoms with Crippen LogP contribution in [0, 0.1) is 6.57 Å². The van der Waals surface area contributed by atoms with Crippen molar-refractivity contribution >= 4 is 17.2 Å². The van der Waals surface area contributed by atoms with Crippen LogP contribution in [-0.2, 0) is 9.47 Å². The van der Waals surface area contributed by atoms with Crippen LogP contribution < -0.4 is 0 Å². The van der Waals surface area contributed by atoms with Gasteiger partial charge in [0.05, 0.1) is 33.0 Å². The van der Waals surface area contributed by atoms with Crippen LogP contribution in [-0.4, -0.2) is 67.4 Å². The minimum Gasteiger partial charge on any atom is -0.382 e. The topological polar surface area (TPSA) is 29.3 Å². The number of ether oxygens (including phenoxy) is 2. The van der Waals surface area contributed by atoms with Gasteiger partial charge in [0.15, 0.2) is 0 Å². The summed E-state index contributed by atoms with van der Waals surface area (Å²) in [6.45, 7) is 13.3. The number of hydrogen-bond acceptors (Lipinski definition) is 4. The third-order valence-corrected chi connectivity index (χ3v) is 3.46. The number of rotatable bonds is 2. The number of morpholine rings is 2. The Kier molecular flexibility index (Phi) is 4.93. The maximum Gasteiger partial charge on any atom is 0.235 e. The van der Waals surface area contributed by atoms with Gasteiger partial charge in [-0.3, -0.25) is 0 Å². The average Bonchev–Trinajstić information content (AvgIpc) is 2.46. The highest BCUT2D eigenvalue weighted by atomic mass is 32.1. The van der Waals surface area contributed by atoms with Gasteiger partial charge in [-0.25, -0.2) is 4.85 Å². The molecule has 0 radical (unpaired) electrons. The van der Waals surface area contributed by atoms with Crippen molar-refractivity contribution in [2.45, 2.75) is 0 Å². The molecule has 0 aromatic carbocycles. The molecular weight excluding hydrogens is 250 g/mol. The fourth-order valence-corrected chi connectivity index (χ4v) is 2.22. The molecule has 18 heavy (non-hydrogen) atoms. The molecule has 2 aliphatic rings. The maximum atomic E-state index is 7.28. The first-order valence-corrected chi connectivity index (χ1v) is 6.50. The van der Waals surface area contributed by atoms with E-state index in [0.29, 0.717) is 37.1 Å². The Morgan fingerprint density at radius 1 is 1.06 bits per heavy atom. The van der Waals surface area contributed by atoms with Gasteiger partial charge in [0, 0.05) is 32.4 Å². The van der Waals surface area contributed by atoms with Gasteiger partial charge in [0.25, 0.3) is 0 Å². The molecule has 2 rings (SSSR count). The predicted octanol–water partition coefficient (Wildman–Crippen LogP) is 0.739. The predicted molar refractivity (Wildman–Crippen MR) is 72.1 cm³/mol. The van der Waals surface area contributed by atoms with E-state index >= 15 is 0 Å². The summed E-state index contributed by atoms with van der Waals surface area (Å²) in [6.07, 6.45) is 1.87. The number of hydrogen-bond donors (Lipinski definition) is 0. The van der Waals surface area contributed by atoms with Crippen molar-refractivity contribution in [3.63, 3.8) is 0 Å². The molecule has 0 aromatic heterocycles. The average molecular weight is 267 g/mol. The molecule has 5 nitrogen and oxygen atoms in total. The van der Waals surface area contributed by atoms with Crippen molar-refractivity contribution in [1.29, 1.82) is 0 Å². The van der Waals surface area contributed by atoms with Crippen molar-refractivity contribution in [3.8, 4) is 0 Å². The van der Waals surface area contributed by atoms with Gasteiger partial charge in [0.1, 0.15) is 4.99 Å². The highest BCUT2D eigenvalue weighted by Crippen LogP contribution is 2.11. The first-order valence-electron chi connectivity index (χ1n) is 6.09. The fourth-order valence-electron chi connectivity index (χ4n) is 1.94. The number of thiocarbonyl (C=S) groups is 1. The molecule has 0 atom stereocenters. The van der Waals surface area contributed by atoms with E-state index in [-0.39, 0.29) is 0 Å². The minimum absolute atomic E-state index is 0.550. The molecule has 0 aliphatic carbocycles. The summed E-state index contributed by atoms with van der Waals surface area (Å²) in [5.74, 6) is 0. The molecular formula is C12H17N3O2S. The Morgan fingerprint density at radius 2 is 1.61 bits per heavy atom. The fraction of sp³-hybridized carbons (Fsp3) is 0.667. The van der Waals surface area contributed by atoms with E-state index in [4.69, 9.17) is 28.3 Å². The van der Waals surface area contributed by atoms with Gasteiger partial charge in [-0.1, -0.05) is 12.2 Å². The standard InChI is InChI=1S/C12H17N3O2S/c1-13-11(10-14-2-6-16-7-3-14)12(18)15-4-8-17-9-5-15/h10H,2-9H2. The molecule has 0 unspecified atom stereocenters. The van der Waals surface area contributed by atoms with Crippen LogP contribution in [0.5, 0.6) is 0 Å². The van der Waals surface area contributed by atoms with Crippen LogP contribution in [0.4, 0.5) is 0 Å². The normalized spacial score (nSPS) is 21.6. The summed E-state index contributed by atoms with van der Waals surface area (Å²) in [5, 5.41) is 0. The van der Waals surface area contributed by atoms with Gasteiger partial charge in [0.2, 0.25) is 5.70 Å². The van der Waals surface area contributed by atoms with Crippen LogP contribution in [0.2, 0.25) is 0 Å². The Morgan fingerprint density at radius 3 is 2.17 bits per heavy atom. The molecule has 6 heteroatoms. The summed E-state index contributed by atoms with van der Waals surface area (Å²) in [7, 11) is 0. The molecule has 2 aliphatic heterocycles. The van der Waals surface area contributed by atoms with Crippen molar-refractivity contribution in [2.24, 2.45) is 0 Å². The summed E-state index contributed by atoms with van der Waals surface area (Å²) in [6, 6.07) is 0. The van der Waals surface area contributed by atoms with Gasteiger partial charge >= 0.3 is 0 Å². The first kappa shape index (κ1) is 13.3. The maximum absolute atomic E-state index is 7.28. The lowest BCUT2D eigenvalue weighted by atomic mass is 10.3. The van der Waals surface area contributed by atoms with E-state index < -0.39 is 0 Å². The Balaban J connectivity index is 2.00. The van der Waals surface area contributed by atoms with Gasteiger partial charge in [-0.05, 0) is 0 Å². The van der Waals surface area contributed by atoms with Gasteiger partial charge in [-0.2, -0.15) is 0 Å². The second-order valence-corrected chi connectivity index (χ2v) is 4.57. The van der Waals surface area contributed by atoms with E-state index in [1.165, 1.54) is 0 Å². The molecule has 0 N–H and O–H groups in total. The Hall–Kier alpha value is -1.16. The van der Waals surface area contributed by atoms with Crippen molar-refractivity contribution < 1.29 is 9.47 Å². The minimum atomic E-state index is 0.550. The summed E-state index contributed by atoms with van der Waals surface area (Å²) in [5.41, 5.74) is 0.550. The molecule has 0 saturated carbocycles. The summed E-state index contributed by atoms with van der Waals surface area (Å²) < 4.78 is 10.6. The molecule has 0 bridgehead atoms. The van der Waals surface area contributed by atoms with E-state index in [2.05, 4.69) is 9.74 Å². The second kappa shape index (κ2) is 6.69. The van der Waals surface area contributed by atoms with Gasteiger partial charge < -0.3 is 19.3 Å². The van der Waals surface area contributed by atoms with Crippen LogP contribution >= 0.6 is 12.2 Å². The van der Waals surface area contributed by atoms with Crippen molar-refractivity contribution in [1.82, 2.24) is 9.80 Å². The van der Waals surface area contributed by atoms with Gasteiger partial charge in [-0.15, -0.1) is 0 Å². The zero-order chi connectivity index (χ0) is 12.8. The molecule has 0 spiro atoms. The van der Waals surface area contributed by atoms with Crippen molar-refractivity contribution in [2.75, 3.05) is 52.6 Å². The monoisotopic (exact) mass is 267 g/mol. The van der Waals surface area contributed by atoms with Crippen LogP contribution in [0.3, 0.4) is 0 Å². The lowest BCUT2D eigenvalue weighted by molar-refractivity contribution is 0.0589. The van der Waals surface area contributed by atoms with Crippen LogP contribution in [0.1, 0.15) is 0 Å². The van der Waals surface area contributed by atoms with E-state index in [9.17, 15) is 0 Å². The number of nitrogens with zero attached hydrogens (tertiary/aromatic N) is 3. The quantitative estimate of drug-likeness (QED) is 0.418. The third-order valence-electron chi connectivity index (χ3n) is 2.99. The first-order chi connectivity index (χ1) is 8.81. The summed E-state index contributed by atoms with van der Waals surface area (Å²) in [4.78, 5) is 8.35. The lowest BCUT2D eigenvalue weighted by Gasteiger charge is -2.30. The lowest BCUT2D eigenvalue weighted by Crippen LogP contribution is -2.41. The van der Waals surface area contributed by atoms with Crippen LogP contribution in [0.15, 0.2) is 11.9 Å². The molecule has 0 aromatic rings. The zero-order valence-electron chi connectivity index (χ0n) is 10.3. The molecule has 2 saturated heterocycles. The van der Waals surface area contributed by atoms with E-state index in [1.54, 1.807) is 0 Å². The second-order valence-electron chi connectivity index (χ2n) is 4.18. The van der Waals surface area contributed by atoms with E-state index in [0.717, 1.165) is 26.2 Å². The molecule has 2 fully saturated rings. The molecule has 2 heterocycles. The third kappa shape index (κ3) is 3.42. The molecule has 98 valence electrons. The van der Waals surface area contributed by atoms with Crippen LogP contribution in [0.25, 0.3) is 4.85 Å². The van der Waals surface area contributed by atoms with Crippen molar-refractivity contribution in [3.05, 3.63) is 23.3 Å².